The quantitative estimate of drug-likeness (QED) is 0.359. The van der Waals surface area contributed by atoms with E-state index in [2.05, 4.69) is 31.1 Å². The number of benzene rings is 1. The molecule has 0 atom stereocenters. The van der Waals surface area contributed by atoms with Crippen LogP contribution in [0.5, 0.6) is 0 Å². The van der Waals surface area contributed by atoms with Gasteiger partial charge in [-0.1, -0.05) is 32.9 Å². The number of hydrogen-bond donors (Lipinski definition) is 1. The molecule has 3 nitrogen and oxygen atoms in total. The molecule has 0 spiro atoms. The lowest BCUT2D eigenvalue weighted by atomic mass is 9.92. The van der Waals surface area contributed by atoms with Gasteiger partial charge in [0.05, 0.1) is 11.1 Å². The zero-order valence-corrected chi connectivity index (χ0v) is 18.3. The molecule has 1 aromatic heterocycles. The monoisotopic (exact) mass is 460 g/mol. The molecule has 9 heteroatoms. The van der Waals surface area contributed by atoms with Crippen LogP contribution in [0.3, 0.4) is 0 Å². The fraction of sp³-hybridized carbons (Fsp3) is 0.455. The highest BCUT2D eigenvalue weighted by Gasteiger charge is 2.36. The number of carbonyl (C=O) groups excluding carboxylic acids is 1. The van der Waals surface area contributed by atoms with E-state index in [0.29, 0.717) is 17.6 Å². The summed E-state index contributed by atoms with van der Waals surface area (Å²) in [6.45, 7) is 6.62. The van der Waals surface area contributed by atoms with E-state index in [1.165, 1.54) is 6.20 Å². The van der Waals surface area contributed by atoms with Gasteiger partial charge in [-0.05, 0) is 36.1 Å². The second-order valence-corrected chi connectivity index (χ2v) is 9.39. The van der Waals surface area contributed by atoms with E-state index in [1.807, 2.05) is 0 Å². The van der Waals surface area contributed by atoms with E-state index in [0.717, 1.165) is 36.4 Å². The van der Waals surface area contributed by atoms with E-state index < -0.39 is 29.6 Å². The molecule has 0 unspecified atom stereocenters. The summed E-state index contributed by atoms with van der Waals surface area (Å²) < 4.78 is 67.4. The number of nitrogens with one attached hydrogen (secondary N) is 1. The summed E-state index contributed by atoms with van der Waals surface area (Å²) in [5.74, 6) is -3.91. The van der Waals surface area contributed by atoms with Crippen molar-refractivity contribution >= 4 is 17.7 Å². The van der Waals surface area contributed by atoms with Gasteiger partial charge in [0.1, 0.15) is 5.03 Å². The number of thioether (sulfide) groups is 1. The molecule has 170 valence electrons. The average molecular weight is 461 g/mol. The van der Waals surface area contributed by atoms with Crippen molar-refractivity contribution < 1.29 is 26.7 Å². The van der Waals surface area contributed by atoms with E-state index in [1.54, 1.807) is 12.1 Å². The Morgan fingerprint density at radius 3 is 2.32 bits per heavy atom. The van der Waals surface area contributed by atoms with Crippen molar-refractivity contribution in [3.63, 3.8) is 0 Å². The Bertz CT molecular complexity index is 894. The summed E-state index contributed by atoms with van der Waals surface area (Å²) in [7, 11) is 0. The highest BCUT2D eigenvalue weighted by Crippen LogP contribution is 2.37. The lowest BCUT2D eigenvalue weighted by molar-refractivity contribution is -0.137. The molecule has 1 amide bonds. The highest BCUT2D eigenvalue weighted by atomic mass is 32.2. The topological polar surface area (TPSA) is 42.0 Å². The van der Waals surface area contributed by atoms with Gasteiger partial charge in [0.15, 0.2) is 0 Å². The molecule has 1 heterocycles. The predicted octanol–water partition coefficient (Wildman–Crippen LogP) is 6.54. The smallest absolute Gasteiger partial charge is 0.352 e. The summed E-state index contributed by atoms with van der Waals surface area (Å²) in [6, 6.07) is 6.33. The lowest BCUT2D eigenvalue weighted by Gasteiger charge is -2.19. The summed E-state index contributed by atoms with van der Waals surface area (Å²) in [6.07, 6.45) is -3.16. The minimum atomic E-state index is -4.69. The van der Waals surface area contributed by atoms with Gasteiger partial charge >= 0.3 is 6.18 Å². The number of carbonyl (C=O) groups is 1. The number of hydrogen-bond acceptors (Lipinski definition) is 3. The summed E-state index contributed by atoms with van der Waals surface area (Å²) in [4.78, 5) is 16.5. The maximum Gasteiger partial charge on any atom is 0.416 e. The minimum Gasteiger partial charge on any atom is -0.352 e. The predicted molar refractivity (Wildman–Crippen MR) is 111 cm³/mol. The zero-order valence-electron chi connectivity index (χ0n) is 17.5. The minimum absolute atomic E-state index is 0.0504. The van der Waals surface area contributed by atoms with Crippen molar-refractivity contribution in [3.8, 4) is 0 Å². The Labute approximate surface area is 182 Å². The fourth-order valence-electron chi connectivity index (χ4n) is 2.67. The van der Waals surface area contributed by atoms with Crippen LogP contribution in [0.4, 0.5) is 22.0 Å². The normalized spacial score (nSPS) is 12.6. The van der Waals surface area contributed by atoms with Crippen LogP contribution in [-0.4, -0.2) is 23.2 Å². The van der Waals surface area contributed by atoms with Crippen molar-refractivity contribution in [2.24, 2.45) is 5.41 Å². The Morgan fingerprint density at radius 1 is 1.00 bits per heavy atom. The Hall–Kier alpha value is -2.16. The summed E-state index contributed by atoms with van der Waals surface area (Å²) in [5.41, 5.74) is -1.47. The van der Waals surface area contributed by atoms with Crippen LogP contribution >= 0.6 is 11.8 Å². The molecule has 31 heavy (non-hydrogen) atoms. The van der Waals surface area contributed by atoms with Crippen molar-refractivity contribution in [3.05, 3.63) is 59.3 Å². The molecule has 0 fully saturated rings. The molecule has 0 radical (unpaired) electrons. The Morgan fingerprint density at radius 2 is 1.68 bits per heavy atom. The maximum atomic E-state index is 14.5. The molecule has 1 N–H and O–H groups in total. The van der Waals surface area contributed by atoms with Crippen molar-refractivity contribution in [2.45, 2.75) is 50.7 Å². The molecule has 2 rings (SSSR count). The number of halogens is 5. The molecular weight excluding hydrogens is 435 g/mol. The Kier molecular flexibility index (Phi) is 8.08. The average Bonchev–Trinajstić information content (AvgIpc) is 2.66. The van der Waals surface area contributed by atoms with Crippen molar-refractivity contribution in [2.75, 3.05) is 12.3 Å². The molecule has 0 bridgehead atoms. The third kappa shape index (κ3) is 7.79. The molecule has 0 aliphatic heterocycles. The zero-order chi connectivity index (χ0) is 23.3. The van der Waals surface area contributed by atoms with E-state index >= 15 is 0 Å². The maximum absolute atomic E-state index is 14.5. The summed E-state index contributed by atoms with van der Waals surface area (Å²) in [5, 5.41) is 3.10. The number of rotatable bonds is 8. The van der Waals surface area contributed by atoms with E-state index in [4.69, 9.17) is 0 Å². The number of amides is 1. The first-order valence-electron chi connectivity index (χ1n) is 9.71. The lowest BCUT2D eigenvalue weighted by Crippen LogP contribution is -2.27. The van der Waals surface area contributed by atoms with Gasteiger partial charge in [-0.2, -0.15) is 13.2 Å². The van der Waals surface area contributed by atoms with Crippen LogP contribution in [-0.2, 0) is 12.1 Å². The molecule has 2 aromatic rings. The van der Waals surface area contributed by atoms with Gasteiger partial charge < -0.3 is 5.32 Å². The molecular formula is C22H25F5N2OS. The largest absolute Gasteiger partial charge is 0.416 e. The number of nitrogens with zero attached hydrogens (tertiary/aromatic N) is 1. The van der Waals surface area contributed by atoms with Gasteiger partial charge in [-0.15, -0.1) is 11.8 Å². The molecule has 0 aliphatic rings. The Balaban J connectivity index is 2.02. The first kappa shape index (κ1) is 25.1. The van der Waals surface area contributed by atoms with Crippen LogP contribution in [0.2, 0.25) is 0 Å². The first-order valence-corrected chi connectivity index (χ1v) is 10.7. The summed E-state index contributed by atoms with van der Waals surface area (Å²) >= 11 is 0.971. The molecule has 0 saturated carbocycles. The van der Waals surface area contributed by atoms with Crippen LogP contribution in [0.15, 0.2) is 47.6 Å². The fourth-order valence-corrected chi connectivity index (χ4v) is 3.67. The van der Waals surface area contributed by atoms with Gasteiger partial charge in [0, 0.05) is 30.5 Å². The van der Waals surface area contributed by atoms with E-state index in [-0.39, 0.29) is 22.6 Å². The van der Waals surface area contributed by atoms with Crippen LogP contribution in [0, 0.1) is 5.41 Å². The number of pyridine rings is 1. The van der Waals surface area contributed by atoms with Gasteiger partial charge in [-0.25, -0.2) is 13.8 Å². The third-order valence-electron chi connectivity index (χ3n) is 4.44. The number of aromatic nitrogens is 1. The van der Waals surface area contributed by atoms with E-state index in [9.17, 15) is 26.7 Å². The third-order valence-corrected chi connectivity index (χ3v) is 5.45. The van der Waals surface area contributed by atoms with Gasteiger partial charge in [0.2, 0.25) is 0 Å². The van der Waals surface area contributed by atoms with Crippen LogP contribution in [0.1, 0.15) is 55.1 Å². The molecule has 0 aliphatic carbocycles. The SMILES string of the molecule is CC(C)(C)CCNC(=O)c1cccnc1SCCC(F)(F)c1cccc(C(F)(F)F)c1. The van der Waals surface area contributed by atoms with Crippen molar-refractivity contribution in [1.29, 1.82) is 0 Å². The highest BCUT2D eigenvalue weighted by molar-refractivity contribution is 7.99. The van der Waals surface area contributed by atoms with Gasteiger partial charge in [0.25, 0.3) is 11.8 Å². The second-order valence-electron chi connectivity index (χ2n) is 8.30. The van der Waals surface area contributed by atoms with Crippen molar-refractivity contribution in [1.82, 2.24) is 10.3 Å². The van der Waals surface area contributed by atoms with Crippen LogP contribution < -0.4 is 5.32 Å². The second kappa shape index (κ2) is 9.97. The standard InChI is InChI=1S/C22H25F5N2OS/c1-20(2,3)9-12-28-18(30)17-8-5-11-29-19(17)31-13-10-21(23,24)15-6-4-7-16(14-15)22(25,26)27/h4-8,11,14H,9-10,12-13H2,1-3H3,(H,28,30). The van der Waals surface area contributed by atoms with Crippen LogP contribution in [0.25, 0.3) is 0 Å². The number of alkyl halides is 5. The molecule has 0 saturated heterocycles. The molecule has 1 aromatic carbocycles. The first-order chi connectivity index (χ1) is 14.3. The van der Waals surface area contributed by atoms with Gasteiger partial charge in [-0.3, -0.25) is 4.79 Å².